The summed E-state index contributed by atoms with van der Waals surface area (Å²) in [5.41, 5.74) is 2.83. The van der Waals surface area contributed by atoms with Crippen molar-refractivity contribution in [1.82, 2.24) is 4.98 Å². The summed E-state index contributed by atoms with van der Waals surface area (Å²) in [4.78, 5) is 3.64. The summed E-state index contributed by atoms with van der Waals surface area (Å²) >= 11 is 0. The maximum atomic E-state index is 12.9. The average Bonchev–Trinajstić information content (AvgIpc) is 2.16. The predicted molar refractivity (Wildman–Crippen MR) is 54.4 cm³/mol. The quantitative estimate of drug-likeness (QED) is 0.608. The van der Waals surface area contributed by atoms with Crippen molar-refractivity contribution in [3.8, 4) is 0 Å². The lowest BCUT2D eigenvalue weighted by Crippen LogP contribution is -1.98. The molecule has 0 spiro atoms. The largest absolute Gasteiger partial charge is 0.228 e. The summed E-state index contributed by atoms with van der Waals surface area (Å²) in [5, 5.41) is 0. The van der Waals surface area contributed by atoms with E-state index >= 15 is 0 Å². The van der Waals surface area contributed by atoms with Crippen molar-refractivity contribution in [1.29, 1.82) is 0 Å². The second-order valence-electron chi connectivity index (χ2n) is 2.69. The van der Waals surface area contributed by atoms with Crippen LogP contribution >= 0.6 is 0 Å². The Bertz CT molecular complexity index is 269. The highest BCUT2D eigenvalue weighted by Gasteiger charge is 2.05. The summed E-state index contributed by atoms with van der Waals surface area (Å²) in [6.45, 7) is 9.81. The van der Waals surface area contributed by atoms with Crippen LogP contribution in [0.15, 0.2) is 6.20 Å². The monoisotopic (exact) mass is 183 g/mol. The van der Waals surface area contributed by atoms with Gasteiger partial charge in [-0.3, -0.25) is 0 Å². The van der Waals surface area contributed by atoms with Crippen molar-refractivity contribution >= 4 is 0 Å². The number of hydrogen-bond donors (Lipinski definition) is 0. The van der Waals surface area contributed by atoms with Crippen LogP contribution in [0.3, 0.4) is 0 Å². The molecule has 0 amide bonds. The summed E-state index contributed by atoms with van der Waals surface area (Å²) in [6.07, 6.45) is 2.29. The first-order valence-electron chi connectivity index (χ1n) is 4.77. The molecule has 0 aliphatic rings. The van der Waals surface area contributed by atoms with Crippen LogP contribution in [0.2, 0.25) is 0 Å². The Hall–Kier alpha value is -0.920. The Kier molecular flexibility index (Phi) is 5.28. The Morgan fingerprint density at radius 1 is 1.31 bits per heavy atom. The second-order valence-corrected chi connectivity index (χ2v) is 2.69. The molecular formula is C11H18FN. The topological polar surface area (TPSA) is 12.9 Å². The number of hydrogen-bond acceptors (Lipinski definition) is 1. The van der Waals surface area contributed by atoms with Crippen LogP contribution in [0.5, 0.6) is 0 Å². The minimum absolute atomic E-state index is 0.324. The third kappa shape index (κ3) is 2.79. The number of nitrogens with zero attached hydrogens (tertiary/aromatic N) is 1. The maximum Gasteiger partial charge on any atom is 0.216 e. The van der Waals surface area contributed by atoms with E-state index in [0.29, 0.717) is 6.42 Å². The SMILES string of the molecule is CC.CCc1c(F)ncc(C)c1C. The van der Waals surface area contributed by atoms with Gasteiger partial charge in [0.05, 0.1) is 0 Å². The molecule has 0 saturated carbocycles. The zero-order chi connectivity index (χ0) is 10.4. The number of aromatic nitrogens is 1. The third-order valence-corrected chi connectivity index (χ3v) is 2.02. The number of halogens is 1. The van der Waals surface area contributed by atoms with E-state index in [9.17, 15) is 4.39 Å². The predicted octanol–water partition coefficient (Wildman–Crippen LogP) is 3.43. The molecule has 1 nitrogen and oxygen atoms in total. The van der Waals surface area contributed by atoms with Crippen LogP contribution < -0.4 is 0 Å². The molecule has 13 heavy (non-hydrogen) atoms. The van der Waals surface area contributed by atoms with Crippen LogP contribution in [-0.4, -0.2) is 4.98 Å². The number of pyridine rings is 1. The minimum Gasteiger partial charge on any atom is -0.228 e. The van der Waals surface area contributed by atoms with Crippen molar-refractivity contribution < 1.29 is 4.39 Å². The molecule has 1 heterocycles. The highest BCUT2D eigenvalue weighted by Crippen LogP contribution is 2.14. The molecule has 1 aromatic heterocycles. The van der Waals surface area contributed by atoms with Crippen LogP contribution in [0.1, 0.15) is 37.5 Å². The lowest BCUT2D eigenvalue weighted by molar-refractivity contribution is 0.565. The second kappa shape index (κ2) is 5.68. The summed E-state index contributed by atoms with van der Waals surface area (Å²) < 4.78 is 12.9. The molecule has 0 bridgehead atoms. The van der Waals surface area contributed by atoms with Gasteiger partial charge in [-0.15, -0.1) is 0 Å². The van der Waals surface area contributed by atoms with Crippen LogP contribution in [0.25, 0.3) is 0 Å². The van der Waals surface area contributed by atoms with Gasteiger partial charge in [0.25, 0.3) is 0 Å². The van der Waals surface area contributed by atoms with Crippen LogP contribution in [0.4, 0.5) is 4.39 Å². The normalized spacial score (nSPS) is 9.08. The molecular weight excluding hydrogens is 165 g/mol. The number of rotatable bonds is 1. The standard InChI is InChI=1S/C9H12FN.C2H6/c1-4-8-7(3)6(2)5-11-9(8)10;1-2/h5H,4H2,1-3H3;1-2H3. The smallest absolute Gasteiger partial charge is 0.216 e. The van der Waals surface area contributed by atoms with E-state index in [0.717, 1.165) is 16.7 Å². The van der Waals surface area contributed by atoms with E-state index in [2.05, 4.69) is 4.98 Å². The Labute approximate surface area is 80.0 Å². The van der Waals surface area contributed by atoms with Crippen molar-refractivity contribution in [3.05, 3.63) is 28.8 Å². The molecule has 0 aliphatic carbocycles. The molecule has 74 valence electrons. The molecule has 2 heteroatoms. The fourth-order valence-electron chi connectivity index (χ4n) is 1.13. The van der Waals surface area contributed by atoms with Crippen LogP contribution in [0, 0.1) is 19.8 Å². The zero-order valence-electron chi connectivity index (χ0n) is 9.11. The Morgan fingerprint density at radius 2 is 1.85 bits per heavy atom. The lowest BCUT2D eigenvalue weighted by Gasteiger charge is -2.05. The first-order valence-corrected chi connectivity index (χ1v) is 4.77. The Balaban J connectivity index is 0.000000671. The van der Waals surface area contributed by atoms with Gasteiger partial charge in [0.2, 0.25) is 5.95 Å². The van der Waals surface area contributed by atoms with Gasteiger partial charge in [0, 0.05) is 11.8 Å². The Morgan fingerprint density at radius 3 is 2.23 bits per heavy atom. The summed E-state index contributed by atoms with van der Waals surface area (Å²) in [6, 6.07) is 0. The van der Waals surface area contributed by atoms with Gasteiger partial charge in [-0.05, 0) is 31.4 Å². The fourth-order valence-corrected chi connectivity index (χ4v) is 1.13. The van der Waals surface area contributed by atoms with Gasteiger partial charge in [-0.2, -0.15) is 4.39 Å². The van der Waals surface area contributed by atoms with Gasteiger partial charge in [-0.1, -0.05) is 20.8 Å². The van der Waals surface area contributed by atoms with E-state index in [1.165, 1.54) is 0 Å². The average molecular weight is 183 g/mol. The van der Waals surface area contributed by atoms with Crippen molar-refractivity contribution in [3.63, 3.8) is 0 Å². The van der Waals surface area contributed by atoms with Crippen LogP contribution in [-0.2, 0) is 6.42 Å². The zero-order valence-corrected chi connectivity index (χ0v) is 9.11. The van der Waals surface area contributed by atoms with Gasteiger partial charge in [0.1, 0.15) is 0 Å². The van der Waals surface area contributed by atoms with Gasteiger partial charge < -0.3 is 0 Å². The molecule has 0 saturated heterocycles. The van der Waals surface area contributed by atoms with Gasteiger partial charge in [0.15, 0.2) is 0 Å². The maximum absolute atomic E-state index is 12.9. The lowest BCUT2D eigenvalue weighted by atomic mass is 10.1. The minimum atomic E-state index is -0.324. The highest BCUT2D eigenvalue weighted by atomic mass is 19.1. The molecule has 0 fully saturated rings. The fraction of sp³-hybridized carbons (Fsp3) is 0.545. The highest BCUT2D eigenvalue weighted by molar-refractivity contribution is 5.30. The van der Waals surface area contributed by atoms with Gasteiger partial charge >= 0.3 is 0 Å². The van der Waals surface area contributed by atoms with Gasteiger partial charge in [-0.25, -0.2) is 4.98 Å². The van der Waals surface area contributed by atoms with E-state index in [1.54, 1.807) is 6.20 Å². The van der Waals surface area contributed by atoms with E-state index < -0.39 is 0 Å². The summed E-state index contributed by atoms with van der Waals surface area (Å²) in [7, 11) is 0. The first kappa shape index (κ1) is 12.1. The summed E-state index contributed by atoms with van der Waals surface area (Å²) in [5.74, 6) is -0.324. The first-order chi connectivity index (χ1) is 6.16. The number of aryl methyl sites for hydroxylation is 1. The van der Waals surface area contributed by atoms with E-state index in [4.69, 9.17) is 0 Å². The van der Waals surface area contributed by atoms with E-state index in [-0.39, 0.29) is 5.95 Å². The molecule has 0 radical (unpaired) electrons. The van der Waals surface area contributed by atoms with E-state index in [1.807, 2.05) is 34.6 Å². The van der Waals surface area contributed by atoms with Crippen molar-refractivity contribution in [2.75, 3.05) is 0 Å². The molecule has 1 aromatic rings. The third-order valence-electron chi connectivity index (χ3n) is 2.02. The molecule has 1 rings (SSSR count). The molecule has 0 aromatic carbocycles. The van der Waals surface area contributed by atoms with Crippen molar-refractivity contribution in [2.45, 2.75) is 41.0 Å². The molecule has 0 atom stereocenters. The molecule has 0 aliphatic heterocycles. The molecule has 0 unspecified atom stereocenters. The molecule has 0 N–H and O–H groups in total. The van der Waals surface area contributed by atoms with Crippen molar-refractivity contribution in [2.24, 2.45) is 0 Å².